The molecule has 1 fully saturated rings. The van der Waals surface area contributed by atoms with Crippen molar-refractivity contribution in [1.82, 2.24) is 0 Å². The van der Waals surface area contributed by atoms with Crippen molar-refractivity contribution in [2.45, 2.75) is 45.1 Å². The third kappa shape index (κ3) is 3.02. The molecule has 0 saturated heterocycles. The molecule has 3 atom stereocenters. The largest absolute Gasteiger partial charge is 0.327 e. The number of benzene rings is 1. The van der Waals surface area contributed by atoms with Crippen LogP contribution in [0, 0.1) is 11.8 Å². The van der Waals surface area contributed by atoms with Gasteiger partial charge in [-0.15, -0.1) is 0 Å². The maximum Gasteiger partial charge on any atom is 0.0406 e. The fourth-order valence-corrected chi connectivity index (χ4v) is 3.05. The molecule has 2 N–H and O–H groups in total. The Morgan fingerprint density at radius 1 is 1.18 bits per heavy atom. The van der Waals surface area contributed by atoms with Crippen LogP contribution in [0.1, 0.15) is 44.6 Å². The molecule has 17 heavy (non-hydrogen) atoms. The van der Waals surface area contributed by atoms with Crippen molar-refractivity contribution >= 4 is 11.6 Å². The molecule has 1 aromatic carbocycles. The van der Waals surface area contributed by atoms with Gasteiger partial charge in [-0.25, -0.2) is 0 Å². The summed E-state index contributed by atoms with van der Waals surface area (Å²) in [6.07, 6.45) is 3.65. The molecule has 2 rings (SSSR count). The molecule has 94 valence electrons. The van der Waals surface area contributed by atoms with Gasteiger partial charge in [-0.05, 0) is 54.7 Å². The van der Waals surface area contributed by atoms with Crippen molar-refractivity contribution in [3.8, 4) is 0 Å². The highest BCUT2D eigenvalue weighted by atomic mass is 35.5. The maximum absolute atomic E-state index is 6.28. The van der Waals surface area contributed by atoms with Crippen LogP contribution < -0.4 is 5.73 Å². The smallest absolute Gasteiger partial charge is 0.0406 e. The second kappa shape index (κ2) is 5.41. The van der Waals surface area contributed by atoms with E-state index in [1.165, 1.54) is 18.4 Å². The van der Waals surface area contributed by atoms with Crippen LogP contribution in [0.5, 0.6) is 0 Å². The van der Waals surface area contributed by atoms with Gasteiger partial charge in [-0.1, -0.05) is 37.6 Å². The molecule has 0 aromatic heterocycles. The lowest BCUT2D eigenvalue weighted by Crippen LogP contribution is -2.35. The van der Waals surface area contributed by atoms with E-state index < -0.39 is 0 Å². The first-order chi connectivity index (χ1) is 8.08. The summed E-state index contributed by atoms with van der Waals surface area (Å²) in [4.78, 5) is 0. The number of halogens is 1. The molecule has 0 heterocycles. The first-order valence-corrected chi connectivity index (χ1v) is 6.96. The summed E-state index contributed by atoms with van der Waals surface area (Å²) in [5.74, 6) is 2.08. The minimum Gasteiger partial charge on any atom is -0.327 e. The molecule has 0 amide bonds. The number of nitrogens with two attached hydrogens (primary N) is 1. The van der Waals surface area contributed by atoms with Crippen LogP contribution in [0.3, 0.4) is 0 Å². The highest BCUT2D eigenvalue weighted by Crippen LogP contribution is 2.38. The van der Waals surface area contributed by atoms with Crippen LogP contribution in [0.15, 0.2) is 24.3 Å². The molecule has 3 unspecified atom stereocenters. The summed E-state index contributed by atoms with van der Waals surface area (Å²) < 4.78 is 0. The molecule has 1 aliphatic rings. The highest BCUT2D eigenvalue weighted by Gasteiger charge is 2.30. The van der Waals surface area contributed by atoms with Crippen LogP contribution in [-0.2, 0) is 0 Å². The Morgan fingerprint density at radius 3 is 2.41 bits per heavy atom. The summed E-state index contributed by atoms with van der Waals surface area (Å²) in [7, 11) is 0. The van der Waals surface area contributed by atoms with Gasteiger partial charge in [-0.2, -0.15) is 0 Å². The molecule has 1 nitrogen and oxygen atoms in total. The highest BCUT2D eigenvalue weighted by molar-refractivity contribution is 6.30. The normalized spacial score (nSPS) is 29.6. The Hall–Kier alpha value is -0.530. The fourth-order valence-electron chi connectivity index (χ4n) is 2.93. The standard InChI is InChI=1S/C15H22ClN/c1-10(2)12-5-8-15(17)14(9-12)11-3-6-13(16)7-4-11/h3-4,6-7,10,12,14-15H,5,8-9,17H2,1-2H3. The monoisotopic (exact) mass is 251 g/mol. The van der Waals surface area contributed by atoms with E-state index in [4.69, 9.17) is 17.3 Å². The topological polar surface area (TPSA) is 26.0 Å². The molecule has 1 saturated carbocycles. The summed E-state index contributed by atoms with van der Waals surface area (Å²) in [5, 5.41) is 0.804. The van der Waals surface area contributed by atoms with E-state index in [1.54, 1.807) is 0 Å². The zero-order valence-electron chi connectivity index (χ0n) is 10.7. The summed E-state index contributed by atoms with van der Waals surface area (Å²) in [6.45, 7) is 4.64. The molecule has 0 radical (unpaired) electrons. The van der Waals surface area contributed by atoms with Gasteiger partial charge in [0.25, 0.3) is 0 Å². The predicted octanol–water partition coefficient (Wildman–Crippen LogP) is 4.21. The van der Waals surface area contributed by atoms with E-state index in [-0.39, 0.29) is 0 Å². The fraction of sp³-hybridized carbons (Fsp3) is 0.600. The van der Waals surface area contributed by atoms with E-state index in [2.05, 4.69) is 26.0 Å². The van der Waals surface area contributed by atoms with Gasteiger partial charge in [0, 0.05) is 11.1 Å². The molecule has 1 aliphatic carbocycles. The van der Waals surface area contributed by atoms with E-state index in [1.807, 2.05) is 12.1 Å². The Bertz CT molecular complexity index is 358. The van der Waals surface area contributed by atoms with Crippen LogP contribution in [-0.4, -0.2) is 6.04 Å². The average molecular weight is 252 g/mol. The Morgan fingerprint density at radius 2 is 1.82 bits per heavy atom. The quantitative estimate of drug-likeness (QED) is 0.837. The SMILES string of the molecule is CC(C)C1CCC(N)C(c2ccc(Cl)cc2)C1. The van der Waals surface area contributed by atoms with E-state index in [0.717, 1.165) is 23.3 Å². The third-order valence-corrected chi connectivity index (χ3v) is 4.44. The van der Waals surface area contributed by atoms with Gasteiger partial charge in [0.05, 0.1) is 0 Å². The van der Waals surface area contributed by atoms with Gasteiger partial charge in [0.2, 0.25) is 0 Å². The molecule has 2 heteroatoms. The van der Waals surface area contributed by atoms with E-state index >= 15 is 0 Å². The predicted molar refractivity (Wildman–Crippen MR) is 74.3 cm³/mol. The van der Waals surface area contributed by atoms with Crippen molar-refractivity contribution in [2.24, 2.45) is 17.6 Å². The minimum atomic E-state index is 0.311. The average Bonchev–Trinajstić information content (AvgIpc) is 2.31. The van der Waals surface area contributed by atoms with Crippen LogP contribution in [0.2, 0.25) is 5.02 Å². The van der Waals surface area contributed by atoms with Crippen molar-refractivity contribution in [1.29, 1.82) is 0 Å². The van der Waals surface area contributed by atoms with Gasteiger partial charge in [-0.3, -0.25) is 0 Å². The molecule has 0 bridgehead atoms. The van der Waals surface area contributed by atoms with E-state index in [0.29, 0.717) is 12.0 Å². The number of hydrogen-bond acceptors (Lipinski definition) is 1. The number of rotatable bonds is 2. The van der Waals surface area contributed by atoms with Gasteiger partial charge < -0.3 is 5.73 Å². The zero-order valence-corrected chi connectivity index (χ0v) is 11.5. The lowest BCUT2D eigenvalue weighted by atomic mass is 9.71. The van der Waals surface area contributed by atoms with Crippen LogP contribution in [0.4, 0.5) is 0 Å². The van der Waals surface area contributed by atoms with Crippen LogP contribution in [0.25, 0.3) is 0 Å². The maximum atomic E-state index is 6.28. The van der Waals surface area contributed by atoms with Gasteiger partial charge in [0.15, 0.2) is 0 Å². The molecular weight excluding hydrogens is 230 g/mol. The van der Waals surface area contributed by atoms with Crippen molar-refractivity contribution < 1.29 is 0 Å². The summed E-state index contributed by atoms with van der Waals surface area (Å²) in [5.41, 5.74) is 7.63. The third-order valence-electron chi connectivity index (χ3n) is 4.19. The van der Waals surface area contributed by atoms with Crippen molar-refractivity contribution in [3.05, 3.63) is 34.9 Å². The summed E-state index contributed by atoms with van der Waals surface area (Å²) in [6, 6.07) is 8.53. The number of hydrogen-bond donors (Lipinski definition) is 1. The van der Waals surface area contributed by atoms with Crippen LogP contribution >= 0.6 is 11.6 Å². The Balaban J connectivity index is 2.15. The molecule has 0 spiro atoms. The molecular formula is C15H22ClN. The van der Waals surface area contributed by atoms with E-state index in [9.17, 15) is 0 Å². The van der Waals surface area contributed by atoms with Gasteiger partial charge >= 0.3 is 0 Å². The zero-order chi connectivity index (χ0) is 12.4. The molecule has 0 aliphatic heterocycles. The first-order valence-electron chi connectivity index (χ1n) is 6.59. The lowest BCUT2D eigenvalue weighted by molar-refractivity contribution is 0.232. The molecule has 1 aromatic rings. The summed E-state index contributed by atoms with van der Waals surface area (Å²) >= 11 is 5.93. The lowest BCUT2D eigenvalue weighted by Gasteiger charge is -2.36. The Kier molecular flexibility index (Phi) is 4.11. The second-order valence-electron chi connectivity index (χ2n) is 5.64. The van der Waals surface area contributed by atoms with Gasteiger partial charge in [0.1, 0.15) is 0 Å². The minimum absolute atomic E-state index is 0.311. The van der Waals surface area contributed by atoms with Crippen molar-refractivity contribution in [3.63, 3.8) is 0 Å². The first kappa shape index (κ1) is 12.9. The van der Waals surface area contributed by atoms with Crippen molar-refractivity contribution in [2.75, 3.05) is 0 Å². The Labute approximate surface area is 109 Å². The second-order valence-corrected chi connectivity index (χ2v) is 6.08.